The van der Waals surface area contributed by atoms with E-state index in [1.54, 1.807) is 30.5 Å². The molecule has 1 N–H and O–H groups in total. The van der Waals surface area contributed by atoms with Crippen LogP contribution < -0.4 is 5.32 Å². The lowest BCUT2D eigenvalue weighted by molar-refractivity contribution is -0.111. The Hall–Kier alpha value is -2.65. The van der Waals surface area contributed by atoms with Crippen molar-refractivity contribution >= 4 is 40.2 Å². The fourth-order valence-electron chi connectivity index (χ4n) is 2.14. The molecular weight excluding hydrogens is 296 g/mol. The van der Waals surface area contributed by atoms with Crippen molar-refractivity contribution in [2.75, 3.05) is 5.32 Å². The van der Waals surface area contributed by atoms with Crippen molar-refractivity contribution in [2.45, 2.75) is 0 Å². The van der Waals surface area contributed by atoms with Crippen molar-refractivity contribution in [3.8, 4) is 0 Å². The molecule has 0 aliphatic heterocycles. The first-order valence-electron chi connectivity index (χ1n) is 6.81. The van der Waals surface area contributed by atoms with Gasteiger partial charge in [0, 0.05) is 22.7 Å². The zero-order valence-electron chi connectivity index (χ0n) is 11.7. The maximum absolute atomic E-state index is 12.1. The van der Waals surface area contributed by atoms with Gasteiger partial charge >= 0.3 is 0 Å². The second-order valence-corrected chi connectivity index (χ2v) is 5.19. The first kappa shape index (κ1) is 14.3. The molecule has 0 saturated heterocycles. The van der Waals surface area contributed by atoms with Crippen molar-refractivity contribution in [3.05, 3.63) is 77.5 Å². The summed E-state index contributed by atoms with van der Waals surface area (Å²) in [7, 11) is 0. The molecule has 3 nitrogen and oxygen atoms in total. The Morgan fingerprint density at radius 2 is 1.91 bits per heavy atom. The molecule has 0 atom stereocenters. The summed E-state index contributed by atoms with van der Waals surface area (Å²) in [6.45, 7) is 0. The quantitative estimate of drug-likeness (QED) is 0.722. The van der Waals surface area contributed by atoms with E-state index in [4.69, 9.17) is 11.6 Å². The van der Waals surface area contributed by atoms with E-state index in [2.05, 4.69) is 10.3 Å². The van der Waals surface area contributed by atoms with Gasteiger partial charge in [-0.15, -0.1) is 0 Å². The number of nitrogens with one attached hydrogen (secondary N) is 1. The number of pyridine rings is 1. The molecule has 3 rings (SSSR count). The van der Waals surface area contributed by atoms with Crippen molar-refractivity contribution < 1.29 is 4.79 Å². The second kappa shape index (κ2) is 6.41. The van der Waals surface area contributed by atoms with Crippen LogP contribution in [0.2, 0.25) is 5.02 Å². The molecule has 22 heavy (non-hydrogen) atoms. The Kier molecular flexibility index (Phi) is 4.17. The number of aromatic nitrogens is 1. The number of anilines is 1. The molecule has 4 heteroatoms. The third-order valence-corrected chi connectivity index (χ3v) is 3.42. The molecule has 1 amide bonds. The van der Waals surface area contributed by atoms with Gasteiger partial charge in [0.05, 0.1) is 11.2 Å². The molecule has 108 valence electrons. The van der Waals surface area contributed by atoms with Crippen LogP contribution in [-0.4, -0.2) is 10.9 Å². The SMILES string of the molecule is O=C(/C=C/c1ccccc1)Nc1ccnc2ccc(Cl)cc12. The molecular formula is C18H13ClN2O. The molecule has 0 aliphatic rings. The smallest absolute Gasteiger partial charge is 0.248 e. The van der Waals surface area contributed by atoms with Crippen LogP contribution in [0.3, 0.4) is 0 Å². The van der Waals surface area contributed by atoms with Crippen molar-refractivity contribution in [2.24, 2.45) is 0 Å². The van der Waals surface area contributed by atoms with Gasteiger partial charge in [0.2, 0.25) is 5.91 Å². The number of carbonyl (C=O) groups is 1. The van der Waals surface area contributed by atoms with Crippen LogP contribution >= 0.6 is 11.6 Å². The van der Waals surface area contributed by atoms with Crippen LogP contribution in [-0.2, 0) is 4.79 Å². The monoisotopic (exact) mass is 308 g/mol. The predicted molar refractivity (Wildman–Crippen MR) is 90.9 cm³/mol. The number of rotatable bonds is 3. The van der Waals surface area contributed by atoms with Gasteiger partial charge in [-0.1, -0.05) is 41.9 Å². The summed E-state index contributed by atoms with van der Waals surface area (Å²) in [5, 5.41) is 4.28. The Balaban J connectivity index is 1.82. The molecule has 0 radical (unpaired) electrons. The van der Waals surface area contributed by atoms with Crippen LogP contribution in [0.15, 0.2) is 66.9 Å². The molecule has 0 unspecified atom stereocenters. The minimum Gasteiger partial charge on any atom is -0.322 e. The van der Waals surface area contributed by atoms with Crippen LogP contribution in [0, 0.1) is 0 Å². The van der Waals surface area contributed by atoms with Gasteiger partial charge in [0.1, 0.15) is 0 Å². The zero-order chi connectivity index (χ0) is 15.4. The molecule has 0 saturated carbocycles. The number of hydrogen-bond acceptors (Lipinski definition) is 2. The number of amides is 1. The van der Waals surface area contributed by atoms with E-state index in [1.807, 2.05) is 36.4 Å². The molecule has 0 aliphatic carbocycles. The summed E-state index contributed by atoms with van der Waals surface area (Å²) in [5.41, 5.74) is 2.45. The Morgan fingerprint density at radius 3 is 2.73 bits per heavy atom. The summed E-state index contributed by atoms with van der Waals surface area (Å²) >= 11 is 6.01. The standard InChI is InChI=1S/C18H13ClN2O/c19-14-7-8-16-15(12-14)17(10-11-20-16)21-18(22)9-6-13-4-2-1-3-5-13/h1-12H,(H,20,21,22)/b9-6+. The summed E-state index contributed by atoms with van der Waals surface area (Å²) in [4.78, 5) is 16.3. The molecule has 0 fully saturated rings. The highest BCUT2D eigenvalue weighted by atomic mass is 35.5. The van der Waals surface area contributed by atoms with E-state index >= 15 is 0 Å². The highest BCUT2D eigenvalue weighted by molar-refractivity contribution is 6.31. The average Bonchev–Trinajstić information content (AvgIpc) is 2.54. The van der Waals surface area contributed by atoms with Gasteiger partial charge in [-0.05, 0) is 35.9 Å². The van der Waals surface area contributed by atoms with E-state index < -0.39 is 0 Å². The predicted octanol–water partition coefficient (Wildman–Crippen LogP) is 4.54. The topological polar surface area (TPSA) is 42.0 Å². The molecule has 3 aromatic rings. The summed E-state index contributed by atoms with van der Waals surface area (Å²) in [5.74, 6) is -0.198. The Labute approximate surface area is 133 Å². The van der Waals surface area contributed by atoms with E-state index in [0.717, 1.165) is 16.5 Å². The second-order valence-electron chi connectivity index (χ2n) is 4.75. The van der Waals surface area contributed by atoms with Gasteiger partial charge in [-0.3, -0.25) is 9.78 Å². The number of nitrogens with zero attached hydrogens (tertiary/aromatic N) is 1. The summed E-state index contributed by atoms with van der Waals surface area (Å²) < 4.78 is 0. The largest absolute Gasteiger partial charge is 0.322 e. The maximum atomic E-state index is 12.1. The van der Waals surface area contributed by atoms with E-state index in [9.17, 15) is 4.79 Å². The van der Waals surface area contributed by atoms with Gasteiger partial charge in [-0.2, -0.15) is 0 Å². The number of carbonyl (C=O) groups excluding carboxylic acids is 1. The normalized spacial score (nSPS) is 11.0. The van der Waals surface area contributed by atoms with E-state index in [1.165, 1.54) is 6.08 Å². The Bertz CT molecular complexity index is 844. The lowest BCUT2D eigenvalue weighted by Crippen LogP contribution is -2.08. The first-order chi connectivity index (χ1) is 10.7. The fraction of sp³-hybridized carbons (Fsp3) is 0. The lowest BCUT2D eigenvalue weighted by atomic mass is 10.2. The fourth-order valence-corrected chi connectivity index (χ4v) is 2.31. The van der Waals surface area contributed by atoms with Crippen LogP contribution in [0.1, 0.15) is 5.56 Å². The number of hydrogen-bond donors (Lipinski definition) is 1. The minimum atomic E-state index is -0.198. The van der Waals surface area contributed by atoms with Crippen molar-refractivity contribution in [1.82, 2.24) is 4.98 Å². The maximum Gasteiger partial charge on any atom is 0.248 e. The number of halogens is 1. The third-order valence-electron chi connectivity index (χ3n) is 3.19. The minimum absolute atomic E-state index is 0.198. The molecule has 1 aromatic heterocycles. The average molecular weight is 309 g/mol. The lowest BCUT2D eigenvalue weighted by Gasteiger charge is -2.06. The number of benzene rings is 2. The van der Waals surface area contributed by atoms with Gasteiger partial charge in [0.25, 0.3) is 0 Å². The first-order valence-corrected chi connectivity index (χ1v) is 7.18. The van der Waals surface area contributed by atoms with Crippen molar-refractivity contribution in [1.29, 1.82) is 0 Å². The Morgan fingerprint density at radius 1 is 1.09 bits per heavy atom. The van der Waals surface area contributed by atoms with E-state index in [0.29, 0.717) is 10.7 Å². The highest BCUT2D eigenvalue weighted by Crippen LogP contribution is 2.24. The summed E-state index contributed by atoms with van der Waals surface area (Å²) in [6.07, 6.45) is 4.94. The molecule has 0 spiro atoms. The van der Waals surface area contributed by atoms with Crippen LogP contribution in [0.5, 0.6) is 0 Å². The van der Waals surface area contributed by atoms with E-state index in [-0.39, 0.29) is 5.91 Å². The zero-order valence-corrected chi connectivity index (χ0v) is 12.4. The summed E-state index contributed by atoms with van der Waals surface area (Å²) in [6, 6.07) is 16.8. The van der Waals surface area contributed by atoms with Gasteiger partial charge < -0.3 is 5.32 Å². The molecule has 2 aromatic carbocycles. The van der Waals surface area contributed by atoms with Gasteiger partial charge in [-0.25, -0.2) is 0 Å². The molecule has 1 heterocycles. The third kappa shape index (κ3) is 3.32. The highest BCUT2D eigenvalue weighted by Gasteiger charge is 2.05. The van der Waals surface area contributed by atoms with Crippen LogP contribution in [0.4, 0.5) is 5.69 Å². The molecule has 0 bridgehead atoms. The van der Waals surface area contributed by atoms with Crippen molar-refractivity contribution in [3.63, 3.8) is 0 Å². The van der Waals surface area contributed by atoms with Gasteiger partial charge in [0.15, 0.2) is 0 Å². The van der Waals surface area contributed by atoms with Crippen LogP contribution in [0.25, 0.3) is 17.0 Å². The number of fused-ring (bicyclic) bond motifs is 1.